The topological polar surface area (TPSA) is 58.6 Å². The molecule has 0 aliphatic carbocycles. The van der Waals surface area contributed by atoms with Crippen molar-refractivity contribution < 1.29 is 14.3 Å². The maximum atomic E-state index is 13.5. The molecule has 0 aromatic heterocycles. The van der Waals surface area contributed by atoms with Gasteiger partial charge in [-0.1, -0.05) is 74.5 Å². The lowest BCUT2D eigenvalue weighted by molar-refractivity contribution is -0.137. The van der Waals surface area contributed by atoms with Crippen molar-refractivity contribution in [2.24, 2.45) is 11.8 Å². The minimum atomic E-state index is -0.649. The predicted molar refractivity (Wildman–Crippen MR) is 132 cm³/mol. The minimum Gasteiger partial charge on any atom is -0.360 e. The van der Waals surface area contributed by atoms with Crippen molar-refractivity contribution >= 4 is 11.8 Å². The summed E-state index contributed by atoms with van der Waals surface area (Å²) in [6.45, 7) is 6.11. The van der Waals surface area contributed by atoms with E-state index < -0.39 is 17.4 Å². The molecule has 3 aliphatic rings. The number of nitrogens with zero attached hydrogens (tertiary/aromatic N) is 1. The van der Waals surface area contributed by atoms with Crippen LogP contribution < -0.4 is 5.32 Å². The summed E-state index contributed by atoms with van der Waals surface area (Å²) in [6.07, 6.45) is 7.34. The van der Waals surface area contributed by atoms with Gasteiger partial charge in [-0.3, -0.25) is 9.59 Å². The van der Waals surface area contributed by atoms with Gasteiger partial charge in [0.05, 0.1) is 24.5 Å². The SMILES string of the molecule is CCc1ccc(CCN2CC34C=CC(O3)C(C(=O)NCCc3ccccc3)C4C2=O)cc1CC. The third kappa shape index (κ3) is 4.07. The lowest BCUT2D eigenvalue weighted by Gasteiger charge is -2.23. The number of ether oxygens (including phenoxy) is 1. The first-order valence-corrected chi connectivity index (χ1v) is 12.6. The number of hydrogen-bond acceptors (Lipinski definition) is 3. The number of benzene rings is 2. The molecule has 0 radical (unpaired) electrons. The first-order valence-electron chi connectivity index (χ1n) is 12.6. The number of aryl methyl sites for hydroxylation is 2. The highest BCUT2D eigenvalue weighted by molar-refractivity contribution is 5.93. The number of nitrogens with one attached hydrogen (secondary N) is 1. The molecule has 2 amide bonds. The Kier molecular flexibility index (Phi) is 6.30. The van der Waals surface area contributed by atoms with Crippen LogP contribution in [-0.4, -0.2) is 48.1 Å². The molecule has 0 saturated carbocycles. The molecule has 3 aliphatic heterocycles. The standard InChI is InChI=1S/C29H34N2O3/c1-3-22-11-10-21(18-23(22)4-2)14-17-31-19-29-15-12-24(34-29)25(26(29)28(31)33)27(32)30-16-13-20-8-6-5-7-9-20/h5-12,15,18,24-26H,3-4,13-14,16-17,19H2,1-2H3,(H,30,32). The number of likely N-dealkylation sites (tertiary alicyclic amines) is 1. The Morgan fingerprint density at radius 1 is 1.06 bits per heavy atom. The second-order valence-corrected chi connectivity index (χ2v) is 9.75. The zero-order chi connectivity index (χ0) is 23.7. The third-order valence-electron chi connectivity index (χ3n) is 7.74. The first-order chi connectivity index (χ1) is 16.5. The zero-order valence-corrected chi connectivity index (χ0v) is 20.1. The van der Waals surface area contributed by atoms with Gasteiger partial charge in [-0.25, -0.2) is 0 Å². The van der Waals surface area contributed by atoms with Gasteiger partial charge >= 0.3 is 0 Å². The van der Waals surface area contributed by atoms with E-state index in [1.807, 2.05) is 35.3 Å². The number of rotatable bonds is 9. The van der Waals surface area contributed by atoms with Crippen molar-refractivity contribution in [2.45, 2.75) is 51.2 Å². The second-order valence-electron chi connectivity index (χ2n) is 9.75. The molecule has 2 bridgehead atoms. The fourth-order valence-corrected chi connectivity index (χ4v) is 5.93. The summed E-state index contributed by atoms with van der Waals surface area (Å²) in [4.78, 5) is 28.5. The Morgan fingerprint density at radius 2 is 1.85 bits per heavy atom. The lowest BCUT2D eigenvalue weighted by atomic mass is 9.77. The molecule has 4 atom stereocenters. The van der Waals surface area contributed by atoms with Crippen LogP contribution in [0.25, 0.3) is 0 Å². The summed E-state index contributed by atoms with van der Waals surface area (Å²) in [6, 6.07) is 16.8. The highest BCUT2D eigenvalue weighted by atomic mass is 16.5. The van der Waals surface area contributed by atoms with E-state index in [9.17, 15) is 9.59 Å². The van der Waals surface area contributed by atoms with Crippen LogP contribution in [0.5, 0.6) is 0 Å². The lowest BCUT2D eigenvalue weighted by Crippen LogP contribution is -2.44. The number of amides is 2. The van der Waals surface area contributed by atoms with Crippen LogP contribution in [0, 0.1) is 11.8 Å². The van der Waals surface area contributed by atoms with Gasteiger partial charge in [0.1, 0.15) is 5.60 Å². The monoisotopic (exact) mass is 458 g/mol. The molecule has 34 heavy (non-hydrogen) atoms. The average Bonchev–Trinajstić information content (AvgIpc) is 3.51. The van der Waals surface area contributed by atoms with Crippen molar-refractivity contribution in [1.82, 2.24) is 10.2 Å². The quantitative estimate of drug-likeness (QED) is 0.585. The van der Waals surface area contributed by atoms with Crippen molar-refractivity contribution in [1.29, 1.82) is 0 Å². The van der Waals surface area contributed by atoms with Crippen LogP contribution in [0.3, 0.4) is 0 Å². The Balaban J connectivity index is 1.23. The van der Waals surface area contributed by atoms with Crippen LogP contribution >= 0.6 is 0 Å². The Bertz CT molecular complexity index is 1100. The van der Waals surface area contributed by atoms with Gasteiger partial charge in [-0.15, -0.1) is 0 Å². The summed E-state index contributed by atoms with van der Waals surface area (Å²) < 4.78 is 6.27. The molecule has 1 N–H and O–H groups in total. The number of fused-ring (bicyclic) bond motifs is 1. The van der Waals surface area contributed by atoms with Crippen LogP contribution in [0.4, 0.5) is 0 Å². The van der Waals surface area contributed by atoms with Crippen LogP contribution in [0.1, 0.15) is 36.1 Å². The molecule has 178 valence electrons. The Morgan fingerprint density at radius 3 is 2.62 bits per heavy atom. The van der Waals surface area contributed by atoms with Crippen molar-refractivity contribution in [3.8, 4) is 0 Å². The first kappa shape index (κ1) is 22.9. The maximum Gasteiger partial charge on any atom is 0.230 e. The highest BCUT2D eigenvalue weighted by Gasteiger charge is 2.66. The van der Waals surface area contributed by atoms with Gasteiger partial charge in [0.2, 0.25) is 11.8 Å². The number of hydrogen-bond donors (Lipinski definition) is 1. The summed E-state index contributed by atoms with van der Waals surface area (Å²) in [7, 11) is 0. The fraction of sp³-hybridized carbons (Fsp3) is 0.448. The molecule has 2 aromatic carbocycles. The molecule has 2 aromatic rings. The maximum absolute atomic E-state index is 13.5. The summed E-state index contributed by atoms with van der Waals surface area (Å²) >= 11 is 0. The van der Waals surface area contributed by atoms with Gasteiger partial charge in [0, 0.05) is 13.1 Å². The molecule has 5 nitrogen and oxygen atoms in total. The van der Waals surface area contributed by atoms with Crippen molar-refractivity contribution in [3.63, 3.8) is 0 Å². The number of carbonyl (C=O) groups is 2. The average molecular weight is 459 g/mol. The molecule has 2 saturated heterocycles. The molecule has 3 heterocycles. The summed E-state index contributed by atoms with van der Waals surface area (Å²) in [5, 5.41) is 3.06. The molecular weight excluding hydrogens is 424 g/mol. The van der Waals surface area contributed by atoms with E-state index in [0.717, 1.165) is 25.7 Å². The van der Waals surface area contributed by atoms with Gasteiger partial charge in [-0.05, 0) is 47.9 Å². The van der Waals surface area contributed by atoms with Crippen molar-refractivity contribution in [2.75, 3.05) is 19.6 Å². The molecular formula is C29H34N2O3. The normalized spacial score (nSPS) is 26.8. The smallest absolute Gasteiger partial charge is 0.230 e. The number of carbonyl (C=O) groups excluding carboxylic acids is 2. The molecule has 5 rings (SSSR count). The summed E-state index contributed by atoms with van der Waals surface area (Å²) in [5.74, 6) is -0.896. The van der Waals surface area contributed by atoms with Gasteiger partial charge in [-0.2, -0.15) is 0 Å². The van der Waals surface area contributed by atoms with Gasteiger partial charge in [0.25, 0.3) is 0 Å². The van der Waals surface area contributed by atoms with Gasteiger partial charge < -0.3 is 15.0 Å². The molecule has 5 heteroatoms. The van der Waals surface area contributed by atoms with Crippen LogP contribution in [-0.2, 0) is 40.0 Å². The van der Waals surface area contributed by atoms with E-state index in [2.05, 4.69) is 49.5 Å². The van der Waals surface area contributed by atoms with E-state index in [1.165, 1.54) is 22.3 Å². The Labute approximate surface area is 202 Å². The zero-order valence-electron chi connectivity index (χ0n) is 20.1. The van der Waals surface area contributed by atoms with Crippen LogP contribution in [0.2, 0.25) is 0 Å². The highest BCUT2D eigenvalue weighted by Crippen LogP contribution is 2.51. The van der Waals surface area contributed by atoms with E-state index >= 15 is 0 Å². The fourth-order valence-electron chi connectivity index (χ4n) is 5.93. The molecule has 4 unspecified atom stereocenters. The van der Waals surface area contributed by atoms with E-state index in [1.54, 1.807) is 0 Å². The third-order valence-corrected chi connectivity index (χ3v) is 7.74. The van der Waals surface area contributed by atoms with E-state index in [0.29, 0.717) is 19.6 Å². The van der Waals surface area contributed by atoms with Gasteiger partial charge in [0.15, 0.2) is 0 Å². The molecule has 2 fully saturated rings. The van der Waals surface area contributed by atoms with Crippen LogP contribution in [0.15, 0.2) is 60.7 Å². The summed E-state index contributed by atoms with van der Waals surface area (Å²) in [5.41, 5.74) is 4.58. The second kappa shape index (κ2) is 9.38. The van der Waals surface area contributed by atoms with E-state index in [4.69, 9.17) is 4.74 Å². The largest absolute Gasteiger partial charge is 0.360 e. The van der Waals surface area contributed by atoms with E-state index in [-0.39, 0.29) is 17.9 Å². The van der Waals surface area contributed by atoms with Crippen molar-refractivity contribution in [3.05, 3.63) is 82.9 Å². The Hall–Kier alpha value is -2.92. The minimum absolute atomic E-state index is 0.0518. The predicted octanol–water partition coefficient (Wildman–Crippen LogP) is 3.49. The molecule has 1 spiro atoms.